The van der Waals surface area contributed by atoms with Crippen LogP contribution in [-0.2, 0) is 6.61 Å². The fourth-order valence-electron chi connectivity index (χ4n) is 3.43. The third-order valence-corrected chi connectivity index (χ3v) is 5.20. The smallest absolute Gasteiger partial charge is 0.231 e. The first kappa shape index (κ1) is 20.5. The van der Waals surface area contributed by atoms with E-state index in [1.54, 1.807) is 37.5 Å². The van der Waals surface area contributed by atoms with Crippen molar-refractivity contribution in [3.05, 3.63) is 106 Å². The monoisotopic (exact) mass is 412 g/mol. The zero-order chi connectivity index (χ0) is 21.8. The van der Waals surface area contributed by atoms with E-state index in [4.69, 9.17) is 14.2 Å². The van der Waals surface area contributed by atoms with Gasteiger partial charge >= 0.3 is 0 Å². The van der Waals surface area contributed by atoms with Crippen LogP contribution in [-0.4, -0.2) is 12.9 Å². The van der Waals surface area contributed by atoms with E-state index in [0.29, 0.717) is 23.7 Å². The number of carbonyl (C=O) groups is 1. The molecule has 0 amide bonds. The second kappa shape index (κ2) is 8.92. The van der Waals surface area contributed by atoms with Crippen molar-refractivity contribution in [3.63, 3.8) is 0 Å². The summed E-state index contributed by atoms with van der Waals surface area (Å²) in [4.78, 5) is 12.6. The number of hydrogen-bond donors (Lipinski definition) is 0. The molecular formula is C27H24O4. The van der Waals surface area contributed by atoms with Gasteiger partial charge in [-0.1, -0.05) is 54.1 Å². The molecule has 1 aliphatic heterocycles. The second-order valence-electron chi connectivity index (χ2n) is 7.44. The van der Waals surface area contributed by atoms with E-state index in [0.717, 1.165) is 16.9 Å². The Morgan fingerprint density at radius 3 is 2.68 bits per heavy atom. The summed E-state index contributed by atoms with van der Waals surface area (Å²) in [6, 6.07) is 19.3. The number of para-hydroxylation sites is 1. The number of ether oxygens (including phenoxy) is 3. The van der Waals surface area contributed by atoms with E-state index < -0.39 is 0 Å². The second-order valence-corrected chi connectivity index (χ2v) is 7.44. The van der Waals surface area contributed by atoms with Crippen molar-refractivity contribution in [2.24, 2.45) is 0 Å². The Bertz CT molecular complexity index is 1190. The number of benzene rings is 3. The number of methoxy groups -OCH3 is 1. The molecule has 3 aromatic carbocycles. The number of hydrogen-bond acceptors (Lipinski definition) is 4. The van der Waals surface area contributed by atoms with Crippen molar-refractivity contribution in [3.8, 4) is 17.2 Å². The molecule has 156 valence electrons. The number of fused-ring (bicyclic) bond motifs is 1. The molecule has 0 atom stereocenters. The molecule has 4 rings (SSSR count). The molecule has 0 aliphatic carbocycles. The lowest BCUT2D eigenvalue weighted by Gasteiger charge is -2.10. The Labute approximate surface area is 182 Å². The quantitative estimate of drug-likeness (QED) is 0.462. The maximum atomic E-state index is 12.6. The summed E-state index contributed by atoms with van der Waals surface area (Å²) in [7, 11) is 1.63. The van der Waals surface area contributed by atoms with Gasteiger partial charge in [-0.3, -0.25) is 4.79 Å². The van der Waals surface area contributed by atoms with Crippen molar-refractivity contribution >= 4 is 11.9 Å². The molecule has 1 heterocycles. The summed E-state index contributed by atoms with van der Waals surface area (Å²) in [6.07, 6.45) is 5.34. The zero-order valence-corrected chi connectivity index (χ0v) is 17.8. The first-order valence-electron chi connectivity index (χ1n) is 10.1. The Balaban J connectivity index is 1.47. The van der Waals surface area contributed by atoms with Gasteiger partial charge in [0.25, 0.3) is 0 Å². The van der Waals surface area contributed by atoms with Gasteiger partial charge in [0.15, 0.2) is 5.76 Å². The van der Waals surface area contributed by atoms with Gasteiger partial charge in [0.05, 0.1) is 12.7 Å². The topological polar surface area (TPSA) is 44.8 Å². The lowest BCUT2D eigenvalue weighted by molar-refractivity contribution is 0.101. The third-order valence-electron chi connectivity index (χ3n) is 5.20. The van der Waals surface area contributed by atoms with Crippen LogP contribution in [0.5, 0.6) is 17.2 Å². The van der Waals surface area contributed by atoms with Crippen LogP contribution in [0.1, 0.15) is 32.6 Å². The van der Waals surface area contributed by atoms with E-state index in [-0.39, 0.29) is 11.5 Å². The van der Waals surface area contributed by atoms with Crippen LogP contribution >= 0.6 is 0 Å². The summed E-state index contributed by atoms with van der Waals surface area (Å²) in [5.74, 6) is 2.09. The molecule has 4 heteroatoms. The van der Waals surface area contributed by atoms with Crippen LogP contribution in [0.3, 0.4) is 0 Å². The van der Waals surface area contributed by atoms with Crippen molar-refractivity contribution in [1.82, 2.24) is 0 Å². The van der Waals surface area contributed by atoms with Crippen molar-refractivity contribution in [2.75, 3.05) is 7.11 Å². The number of ketones is 1. The Kier molecular flexibility index (Phi) is 5.89. The normalized spacial score (nSPS) is 14.0. The SMILES string of the molecule is COc1ccccc1/C=C/C=C1\Oc2cc(OCc3cc(C)ccc3C)ccc2C1=O. The Morgan fingerprint density at radius 2 is 1.84 bits per heavy atom. The fraction of sp³-hybridized carbons (Fsp3) is 0.148. The van der Waals surface area contributed by atoms with Crippen LogP contribution < -0.4 is 14.2 Å². The van der Waals surface area contributed by atoms with Gasteiger partial charge in [-0.2, -0.15) is 0 Å². The van der Waals surface area contributed by atoms with E-state index in [9.17, 15) is 4.79 Å². The largest absolute Gasteiger partial charge is 0.496 e. The highest BCUT2D eigenvalue weighted by Gasteiger charge is 2.27. The molecule has 4 nitrogen and oxygen atoms in total. The Morgan fingerprint density at radius 1 is 1.00 bits per heavy atom. The first-order valence-corrected chi connectivity index (χ1v) is 10.1. The minimum Gasteiger partial charge on any atom is -0.496 e. The minimum absolute atomic E-state index is 0.138. The van der Waals surface area contributed by atoms with Crippen LogP contribution in [0.2, 0.25) is 0 Å². The molecule has 0 saturated heterocycles. The number of rotatable bonds is 6. The van der Waals surface area contributed by atoms with Crippen molar-refractivity contribution < 1.29 is 19.0 Å². The van der Waals surface area contributed by atoms with Gasteiger partial charge in [0.1, 0.15) is 23.9 Å². The maximum absolute atomic E-state index is 12.6. The van der Waals surface area contributed by atoms with Crippen LogP contribution in [0.4, 0.5) is 0 Å². The summed E-state index contributed by atoms with van der Waals surface area (Å²) >= 11 is 0. The predicted octanol–water partition coefficient (Wildman–Crippen LogP) is 6.06. The summed E-state index contributed by atoms with van der Waals surface area (Å²) in [5, 5.41) is 0. The number of allylic oxidation sites excluding steroid dienone is 3. The maximum Gasteiger partial charge on any atom is 0.231 e. The van der Waals surface area contributed by atoms with E-state index >= 15 is 0 Å². The molecule has 0 spiro atoms. The molecule has 0 bridgehead atoms. The minimum atomic E-state index is -0.138. The zero-order valence-electron chi connectivity index (χ0n) is 17.8. The predicted molar refractivity (Wildman–Crippen MR) is 122 cm³/mol. The highest BCUT2D eigenvalue weighted by molar-refractivity contribution is 6.12. The molecule has 31 heavy (non-hydrogen) atoms. The average molecular weight is 412 g/mol. The standard InChI is InChI=1S/C27H24O4/c1-18-11-12-19(2)21(15-18)17-30-22-13-14-23-26(16-22)31-25(27(23)28)10-6-8-20-7-4-5-9-24(20)29-3/h4-16H,17H2,1-3H3/b8-6+,25-10-. The first-order chi connectivity index (χ1) is 15.0. The highest BCUT2D eigenvalue weighted by atomic mass is 16.5. The summed E-state index contributed by atoms with van der Waals surface area (Å²) in [6.45, 7) is 4.59. The van der Waals surface area contributed by atoms with E-state index in [1.165, 1.54) is 11.1 Å². The summed E-state index contributed by atoms with van der Waals surface area (Å²) < 4.78 is 17.1. The molecular weight excluding hydrogens is 388 g/mol. The molecule has 0 saturated carbocycles. The van der Waals surface area contributed by atoms with E-state index in [1.807, 2.05) is 30.3 Å². The Hall–Kier alpha value is -3.79. The van der Waals surface area contributed by atoms with Gasteiger partial charge < -0.3 is 14.2 Å². The van der Waals surface area contributed by atoms with Crippen LogP contribution in [0, 0.1) is 13.8 Å². The third kappa shape index (κ3) is 4.53. The molecule has 0 fully saturated rings. The average Bonchev–Trinajstić information content (AvgIpc) is 3.09. The molecule has 3 aromatic rings. The molecule has 0 aromatic heterocycles. The van der Waals surface area contributed by atoms with Crippen molar-refractivity contribution in [1.29, 1.82) is 0 Å². The van der Waals surface area contributed by atoms with Crippen molar-refractivity contribution in [2.45, 2.75) is 20.5 Å². The van der Waals surface area contributed by atoms with E-state index in [2.05, 4.69) is 32.0 Å². The van der Waals surface area contributed by atoms with Crippen LogP contribution in [0.25, 0.3) is 6.08 Å². The molecule has 0 N–H and O–H groups in total. The molecule has 0 radical (unpaired) electrons. The molecule has 1 aliphatic rings. The van der Waals surface area contributed by atoms with Gasteiger partial charge in [0.2, 0.25) is 5.78 Å². The van der Waals surface area contributed by atoms with Gasteiger partial charge in [-0.15, -0.1) is 0 Å². The lowest BCUT2D eigenvalue weighted by atomic mass is 10.1. The highest BCUT2D eigenvalue weighted by Crippen LogP contribution is 2.34. The number of carbonyl (C=O) groups excluding carboxylic acids is 1. The summed E-state index contributed by atoms with van der Waals surface area (Å²) in [5.41, 5.74) is 4.98. The van der Waals surface area contributed by atoms with Gasteiger partial charge in [-0.25, -0.2) is 0 Å². The lowest BCUT2D eigenvalue weighted by Crippen LogP contribution is -1.99. The number of aryl methyl sites for hydroxylation is 2. The van der Waals surface area contributed by atoms with Gasteiger partial charge in [0, 0.05) is 11.6 Å². The number of Topliss-reactive ketones (excluding diaryl/α,β-unsaturated/α-hetero) is 1. The molecule has 0 unspecified atom stereocenters. The van der Waals surface area contributed by atoms with Gasteiger partial charge in [-0.05, 0) is 49.2 Å². The fourth-order valence-corrected chi connectivity index (χ4v) is 3.43. The van der Waals surface area contributed by atoms with Crippen LogP contribution in [0.15, 0.2) is 78.6 Å².